The summed E-state index contributed by atoms with van der Waals surface area (Å²) in [5, 5.41) is 0. The Morgan fingerprint density at radius 3 is 1.85 bits per heavy atom. The van der Waals surface area contributed by atoms with Crippen molar-refractivity contribution in [1.29, 1.82) is 0 Å². The number of hydrogen-bond acceptors (Lipinski definition) is 2. The van der Waals surface area contributed by atoms with E-state index in [2.05, 4.69) is 36.2 Å². The first-order chi connectivity index (χ1) is 5.83. The van der Waals surface area contributed by atoms with Crippen LogP contribution in [0.25, 0.3) is 0 Å². The van der Waals surface area contributed by atoms with E-state index in [1.807, 2.05) is 0 Å². The van der Waals surface area contributed by atoms with Crippen molar-refractivity contribution in [2.75, 3.05) is 20.3 Å². The third-order valence-electron chi connectivity index (χ3n) is 1.34. The SMILES string of the molecule is CCN1C=CN(C)C1.[Cl][Fe]([Cl])([Cl])[Cl]. The van der Waals surface area contributed by atoms with Gasteiger partial charge in [0.25, 0.3) is 0 Å². The van der Waals surface area contributed by atoms with Gasteiger partial charge in [0.05, 0.1) is 6.67 Å². The van der Waals surface area contributed by atoms with Crippen LogP contribution in [-0.4, -0.2) is 30.1 Å². The minimum absolute atomic E-state index is 1.05. The first kappa shape index (κ1) is 14.0. The van der Waals surface area contributed by atoms with Gasteiger partial charge in [-0.3, -0.25) is 0 Å². The maximum absolute atomic E-state index is 4.95. The molecule has 0 amide bonds. The number of halogens is 4. The van der Waals surface area contributed by atoms with Gasteiger partial charge in [0.15, 0.2) is 0 Å². The van der Waals surface area contributed by atoms with E-state index >= 15 is 0 Å². The first-order valence-corrected chi connectivity index (χ1v) is 9.56. The molecule has 0 spiro atoms. The Kier molecular flexibility index (Phi) is 7.00. The van der Waals surface area contributed by atoms with Gasteiger partial charge in [-0.1, -0.05) is 0 Å². The molecule has 1 aliphatic heterocycles. The molecule has 2 nitrogen and oxygen atoms in total. The van der Waals surface area contributed by atoms with Gasteiger partial charge in [-0.05, 0) is 6.92 Å². The summed E-state index contributed by atoms with van der Waals surface area (Å²) < 4.78 is 0. The molecule has 0 aromatic carbocycles. The summed E-state index contributed by atoms with van der Waals surface area (Å²) in [4.78, 5) is 4.41. The van der Waals surface area contributed by atoms with Crippen LogP contribution in [0.3, 0.4) is 0 Å². The van der Waals surface area contributed by atoms with Crippen LogP contribution < -0.4 is 0 Å². The summed E-state index contributed by atoms with van der Waals surface area (Å²) in [5.74, 6) is 0. The van der Waals surface area contributed by atoms with E-state index in [4.69, 9.17) is 40.4 Å². The second-order valence-electron chi connectivity index (χ2n) is 2.40. The number of hydrogen-bond donors (Lipinski definition) is 0. The average Bonchev–Trinajstić information content (AvgIpc) is 2.31. The molecule has 0 aromatic rings. The molecular weight excluding hydrogens is 298 g/mol. The fraction of sp³-hybridized carbons (Fsp3) is 0.667. The monoisotopic (exact) mass is 308 g/mol. The van der Waals surface area contributed by atoms with E-state index in [0.29, 0.717) is 0 Å². The van der Waals surface area contributed by atoms with E-state index in [9.17, 15) is 0 Å². The van der Waals surface area contributed by atoms with Gasteiger partial charge in [0.1, 0.15) is 0 Å². The molecule has 0 unspecified atom stereocenters. The van der Waals surface area contributed by atoms with E-state index in [-0.39, 0.29) is 0 Å². The minimum atomic E-state index is -2.61. The summed E-state index contributed by atoms with van der Waals surface area (Å²) in [6, 6.07) is 0. The van der Waals surface area contributed by atoms with Crippen molar-refractivity contribution >= 4 is 40.4 Å². The van der Waals surface area contributed by atoms with E-state index in [0.717, 1.165) is 13.2 Å². The Morgan fingerprint density at radius 1 is 1.23 bits per heavy atom. The molecule has 0 saturated heterocycles. The zero-order chi connectivity index (χ0) is 10.5. The maximum atomic E-state index is 4.95. The molecule has 7 heteroatoms. The van der Waals surface area contributed by atoms with Crippen LogP contribution in [-0.2, 0) is 9.20 Å². The zero-order valence-corrected chi connectivity index (χ0v) is 11.5. The van der Waals surface area contributed by atoms with Crippen molar-refractivity contribution in [1.82, 2.24) is 9.80 Å². The molecule has 1 heterocycles. The van der Waals surface area contributed by atoms with Crippen LogP contribution in [0, 0.1) is 0 Å². The van der Waals surface area contributed by atoms with Gasteiger partial charge in [-0.15, -0.1) is 0 Å². The molecule has 0 fully saturated rings. The third-order valence-corrected chi connectivity index (χ3v) is 1.34. The molecule has 0 bridgehead atoms. The second-order valence-corrected chi connectivity index (χ2v) is 13.3. The van der Waals surface area contributed by atoms with Crippen molar-refractivity contribution in [3.63, 3.8) is 0 Å². The standard InChI is InChI=1S/C6H12N2.4ClH.Fe/c1-3-8-5-4-7(2)6-8;;;;;/h4-5H,3,6H2,1-2H3;4*1H;/q;;;;;+4/p-4. The van der Waals surface area contributed by atoms with Crippen LogP contribution in [0.5, 0.6) is 0 Å². The Hall–Kier alpha value is 1.02. The molecular formula is C6H12Cl4FeN2. The van der Waals surface area contributed by atoms with Crippen LogP contribution in [0.4, 0.5) is 0 Å². The predicted molar refractivity (Wildman–Crippen MR) is 57.6 cm³/mol. The average molecular weight is 310 g/mol. The molecule has 1 rings (SSSR count). The second kappa shape index (κ2) is 6.49. The molecule has 0 aliphatic carbocycles. The zero-order valence-electron chi connectivity index (χ0n) is 7.33. The van der Waals surface area contributed by atoms with Gasteiger partial charge in [0.2, 0.25) is 0 Å². The summed E-state index contributed by atoms with van der Waals surface area (Å²) in [7, 11) is 19.3. The fourth-order valence-corrected chi connectivity index (χ4v) is 0.794. The topological polar surface area (TPSA) is 6.48 Å². The van der Waals surface area contributed by atoms with Crippen LogP contribution in [0.15, 0.2) is 12.4 Å². The summed E-state index contributed by atoms with van der Waals surface area (Å²) >= 11 is 0. The first-order valence-electron chi connectivity index (χ1n) is 3.49. The van der Waals surface area contributed by atoms with Crippen LogP contribution in [0.1, 0.15) is 6.92 Å². The van der Waals surface area contributed by atoms with E-state index < -0.39 is 9.20 Å². The van der Waals surface area contributed by atoms with Gasteiger partial charge < -0.3 is 9.80 Å². The van der Waals surface area contributed by atoms with Crippen molar-refractivity contribution in [2.24, 2.45) is 0 Å². The van der Waals surface area contributed by atoms with Gasteiger partial charge in [-0.2, -0.15) is 0 Å². The van der Waals surface area contributed by atoms with Crippen LogP contribution in [0.2, 0.25) is 0 Å². The Bertz CT molecular complexity index is 165. The number of nitrogens with zero attached hydrogens (tertiary/aromatic N) is 2. The Morgan fingerprint density at radius 2 is 1.69 bits per heavy atom. The molecule has 0 radical (unpaired) electrons. The molecule has 0 atom stereocenters. The quantitative estimate of drug-likeness (QED) is 0.685. The fourth-order valence-electron chi connectivity index (χ4n) is 0.794. The van der Waals surface area contributed by atoms with Gasteiger partial charge in [0, 0.05) is 26.0 Å². The van der Waals surface area contributed by atoms with Crippen molar-refractivity contribution in [3.8, 4) is 0 Å². The van der Waals surface area contributed by atoms with Crippen molar-refractivity contribution in [3.05, 3.63) is 12.4 Å². The molecule has 82 valence electrons. The van der Waals surface area contributed by atoms with Crippen molar-refractivity contribution in [2.45, 2.75) is 6.92 Å². The van der Waals surface area contributed by atoms with E-state index in [1.165, 1.54) is 0 Å². The Balaban J connectivity index is 0.000000252. The Labute approximate surface area is 98.5 Å². The molecule has 0 saturated carbocycles. The molecule has 0 aromatic heterocycles. The van der Waals surface area contributed by atoms with E-state index in [1.54, 1.807) is 0 Å². The molecule has 1 aliphatic rings. The molecule has 13 heavy (non-hydrogen) atoms. The van der Waals surface area contributed by atoms with Gasteiger partial charge >= 0.3 is 49.6 Å². The summed E-state index contributed by atoms with van der Waals surface area (Å²) in [6.45, 7) is 4.32. The normalized spacial score (nSPS) is 17.1. The van der Waals surface area contributed by atoms with Gasteiger partial charge in [-0.25, -0.2) is 0 Å². The summed E-state index contributed by atoms with van der Waals surface area (Å²) in [5.41, 5.74) is 0. The summed E-state index contributed by atoms with van der Waals surface area (Å²) in [6.07, 6.45) is 4.20. The predicted octanol–water partition coefficient (Wildman–Crippen LogP) is 3.44. The third kappa shape index (κ3) is 10.9. The molecule has 0 N–H and O–H groups in total. The van der Waals surface area contributed by atoms with Crippen molar-refractivity contribution < 1.29 is 9.20 Å². The van der Waals surface area contributed by atoms with Crippen LogP contribution >= 0.6 is 40.4 Å². The number of rotatable bonds is 1.